The average Bonchev–Trinajstić information content (AvgIpc) is 2.48. The number of rotatable bonds is 5. The van der Waals surface area contributed by atoms with Crippen LogP contribution in [-0.2, 0) is 11.3 Å². The van der Waals surface area contributed by atoms with E-state index in [9.17, 15) is 4.79 Å². The molecule has 4 heteroatoms. The highest BCUT2D eigenvalue weighted by Gasteiger charge is 2.14. The van der Waals surface area contributed by atoms with Gasteiger partial charge in [0, 0.05) is 11.6 Å². The van der Waals surface area contributed by atoms with Gasteiger partial charge in [-0.15, -0.1) is 0 Å². The van der Waals surface area contributed by atoms with Crippen LogP contribution in [-0.4, -0.2) is 12.0 Å². The molecule has 0 fully saturated rings. The van der Waals surface area contributed by atoms with Gasteiger partial charge in [-0.3, -0.25) is 4.79 Å². The second kappa shape index (κ2) is 7.14. The van der Waals surface area contributed by atoms with Crippen LogP contribution in [0.15, 0.2) is 48.5 Å². The van der Waals surface area contributed by atoms with Crippen LogP contribution in [0.2, 0.25) is 5.02 Å². The first kappa shape index (κ1) is 15.4. The molecule has 0 bridgehead atoms. The first-order valence-corrected chi connectivity index (χ1v) is 7.18. The fraction of sp³-hybridized carbons (Fsp3) is 0.235. The number of halogens is 1. The fourth-order valence-corrected chi connectivity index (χ4v) is 1.99. The SMILES string of the molecule is Cc1ccccc1OC(C)C(=O)NCc1ccc(Cl)cc1. The summed E-state index contributed by atoms with van der Waals surface area (Å²) in [5.41, 5.74) is 2.01. The summed E-state index contributed by atoms with van der Waals surface area (Å²) >= 11 is 5.82. The Balaban J connectivity index is 1.88. The van der Waals surface area contributed by atoms with Crippen LogP contribution in [0.1, 0.15) is 18.1 Å². The van der Waals surface area contributed by atoms with Gasteiger partial charge in [0.15, 0.2) is 6.10 Å². The molecule has 1 unspecified atom stereocenters. The molecule has 1 amide bonds. The molecule has 0 spiro atoms. The molecule has 2 aromatic rings. The summed E-state index contributed by atoms with van der Waals surface area (Å²) in [5, 5.41) is 3.53. The number of carbonyl (C=O) groups excluding carboxylic acids is 1. The van der Waals surface area contributed by atoms with Gasteiger partial charge in [0.05, 0.1) is 0 Å². The van der Waals surface area contributed by atoms with Gasteiger partial charge in [0.2, 0.25) is 0 Å². The van der Waals surface area contributed by atoms with Crippen LogP contribution in [0.4, 0.5) is 0 Å². The van der Waals surface area contributed by atoms with Crippen molar-refractivity contribution in [1.82, 2.24) is 5.32 Å². The van der Waals surface area contributed by atoms with Crippen LogP contribution in [0, 0.1) is 6.92 Å². The van der Waals surface area contributed by atoms with E-state index in [1.54, 1.807) is 19.1 Å². The van der Waals surface area contributed by atoms with Gasteiger partial charge >= 0.3 is 0 Å². The van der Waals surface area contributed by atoms with Crippen molar-refractivity contribution < 1.29 is 9.53 Å². The summed E-state index contributed by atoms with van der Waals surface area (Å²) in [6.45, 7) is 4.15. The number of hydrogen-bond acceptors (Lipinski definition) is 2. The summed E-state index contributed by atoms with van der Waals surface area (Å²) in [6, 6.07) is 15.0. The summed E-state index contributed by atoms with van der Waals surface area (Å²) in [5.74, 6) is 0.583. The van der Waals surface area contributed by atoms with Gasteiger partial charge in [0.1, 0.15) is 5.75 Å². The van der Waals surface area contributed by atoms with Gasteiger partial charge in [-0.2, -0.15) is 0 Å². The Morgan fingerprint density at radius 3 is 2.52 bits per heavy atom. The number of hydrogen-bond donors (Lipinski definition) is 1. The van der Waals surface area contributed by atoms with E-state index in [1.807, 2.05) is 43.3 Å². The number of nitrogens with one attached hydrogen (secondary N) is 1. The highest BCUT2D eigenvalue weighted by atomic mass is 35.5. The third kappa shape index (κ3) is 4.50. The molecule has 2 rings (SSSR count). The minimum atomic E-state index is -0.543. The highest BCUT2D eigenvalue weighted by Crippen LogP contribution is 2.17. The van der Waals surface area contributed by atoms with Crippen molar-refractivity contribution in [1.29, 1.82) is 0 Å². The van der Waals surface area contributed by atoms with Gasteiger partial charge in [-0.05, 0) is 43.2 Å². The number of para-hydroxylation sites is 1. The van der Waals surface area contributed by atoms with E-state index < -0.39 is 6.10 Å². The molecular weight excluding hydrogens is 286 g/mol. The lowest BCUT2D eigenvalue weighted by molar-refractivity contribution is -0.127. The van der Waals surface area contributed by atoms with Crippen LogP contribution in [0.3, 0.4) is 0 Å². The second-order valence-electron chi connectivity index (χ2n) is 4.87. The van der Waals surface area contributed by atoms with Crippen molar-refractivity contribution >= 4 is 17.5 Å². The summed E-state index contributed by atoms with van der Waals surface area (Å²) in [6.07, 6.45) is -0.543. The number of carbonyl (C=O) groups is 1. The lowest BCUT2D eigenvalue weighted by atomic mass is 10.2. The number of ether oxygens (including phenoxy) is 1. The quantitative estimate of drug-likeness (QED) is 0.914. The summed E-state index contributed by atoms with van der Waals surface area (Å²) in [4.78, 5) is 12.0. The lowest BCUT2D eigenvalue weighted by Gasteiger charge is -2.16. The van der Waals surface area contributed by atoms with E-state index in [2.05, 4.69) is 5.32 Å². The average molecular weight is 304 g/mol. The molecule has 0 heterocycles. The first-order chi connectivity index (χ1) is 10.1. The zero-order valence-electron chi connectivity index (χ0n) is 12.1. The molecule has 110 valence electrons. The Hall–Kier alpha value is -2.00. The van der Waals surface area contributed by atoms with E-state index >= 15 is 0 Å². The molecule has 21 heavy (non-hydrogen) atoms. The van der Waals surface area contributed by atoms with E-state index in [1.165, 1.54) is 0 Å². The van der Waals surface area contributed by atoms with Crippen molar-refractivity contribution in [2.75, 3.05) is 0 Å². The van der Waals surface area contributed by atoms with E-state index in [0.29, 0.717) is 11.6 Å². The summed E-state index contributed by atoms with van der Waals surface area (Å²) < 4.78 is 5.68. The largest absolute Gasteiger partial charge is 0.481 e. The van der Waals surface area contributed by atoms with Crippen LogP contribution >= 0.6 is 11.6 Å². The maximum absolute atomic E-state index is 12.0. The topological polar surface area (TPSA) is 38.3 Å². The zero-order valence-corrected chi connectivity index (χ0v) is 12.9. The molecule has 0 aliphatic carbocycles. The Kier molecular flexibility index (Phi) is 5.23. The molecule has 0 aliphatic rings. The van der Waals surface area contributed by atoms with Crippen molar-refractivity contribution in [3.8, 4) is 5.75 Å². The molecule has 3 nitrogen and oxygen atoms in total. The molecule has 0 radical (unpaired) electrons. The van der Waals surface area contributed by atoms with E-state index in [-0.39, 0.29) is 5.91 Å². The van der Waals surface area contributed by atoms with Gasteiger partial charge in [-0.1, -0.05) is 41.9 Å². The molecule has 1 N–H and O–H groups in total. The van der Waals surface area contributed by atoms with Gasteiger partial charge in [-0.25, -0.2) is 0 Å². The molecule has 2 aromatic carbocycles. The smallest absolute Gasteiger partial charge is 0.261 e. The fourth-order valence-electron chi connectivity index (χ4n) is 1.87. The second-order valence-corrected chi connectivity index (χ2v) is 5.31. The standard InChI is InChI=1S/C17H18ClNO2/c1-12-5-3-4-6-16(12)21-13(2)17(20)19-11-14-7-9-15(18)10-8-14/h3-10,13H,11H2,1-2H3,(H,19,20). The number of aryl methyl sites for hydroxylation is 1. The van der Waals surface area contributed by atoms with E-state index in [0.717, 1.165) is 16.9 Å². The lowest BCUT2D eigenvalue weighted by Crippen LogP contribution is -2.36. The maximum atomic E-state index is 12.0. The summed E-state index contributed by atoms with van der Waals surface area (Å²) in [7, 11) is 0. The predicted molar refractivity (Wildman–Crippen MR) is 84.6 cm³/mol. The first-order valence-electron chi connectivity index (χ1n) is 6.80. The Labute approximate surface area is 129 Å². The van der Waals surface area contributed by atoms with Gasteiger partial charge < -0.3 is 10.1 Å². The monoisotopic (exact) mass is 303 g/mol. The van der Waals surface area contributed by atoms with Gasteiger partial charge in [0.25, 0.3) is 5.91 Å². The zero-order chi connectivity index (χ0) is 15.2. The predicted octanol–water partition coefficient (Wildman–Crippen LogP) is 3.73. The maximum Gasteiger partial charge on any atom is 0.261 e. The molecule has 0 aliphatic heterocycles. The normalized spacial score (nSPS) is 11.8. The minimum Gasteiger partial charge on any atom is -0.481 e. The Morgan fingerprint density at radius 1 is 1.19 bits per heavy atom. The molecular formula is C17H18ClNO2. The van der Waals surface area contributed by atoms with Crippen molar-refractivity contribution in [3.05, 3.63) is 64.7 Å². The van der Waals surface area contributed by atoms with Crippen LogP contribution in [0.25, 0.3) is 0 Å². The molecule has 0 aromatic heterocycles. The van der Waals surface area contributed by atoms with Crippen LogP contribution in [0.5, 0.6) is 5.75 Å². The Bertz CT molecular complexity index is 610. The minimum absolute atomic E-state index is 0.145. The molecule has 1 atom stereocenters. The van der Waals surface area contributed by atoms with Crippen molar-refractivity contribution in [2.45, 2.75) is 26.5 Å². The molecule has 0 saturated carbocycles. The molecule has 0 saturated heterocycles. The number of benzene rings is 2. The van der Waals surface area contributed by atoms with Crippen molar-refractivity contribution in [3.63, 3.8) is 0 Å². The Morgan fingerprint density at radius 2 is 1.86 bits per heavy atom. The van der Waals surface area contributed by atoms with Crippen LogP contribution < -0.4 is 10.1 Å². The highest BCUT2D eigenvalue weighted by molar-refractivity contribution is 6.30. The number of amides is 1. The van der Waals surface area contributed by atoms with Crippen molar-refractivity contribution in [2.24, 2.45) is 0 Å². The van der Waals surface area contributed by atoms with E-state index in [4.69, 9.17) is 16.3 Å². The third-order valence-corrected chi connectivity index (χ3v) is 3.40. The third-order valence-electron chi connectivity index (χ3n) is 3.15.